The van der Waals surface area contributed by atoms with Gasteiger partial charge in [0.25, 0.3) is 0 Å². The number of rotatable bonds is 0. The second-order valence-corrected chi connectivity index (χ2v) is 2.19. The molecule has 2 aromatic rings. The van der Waals surface area contributed by atoms with Gasteiger partial charge in [-0.1, -0.05) is 0 Å². The van der Waals surface area contributed by atoms with Gasteiger partial charge >= 0.3 is 0 Å². The summed E-state index contributed by atoms with van der Waals surface area (Å²) in [5.41, 5.74) is 0.715. The van der Waals surface area contributed by atoms with Crippen molar-refractivity contribution < 1.29 is 0 Å². The van der Waals surface area contributed by atoms with Crippen LogP contribution in [0.5, 0.6) is 0 Å². The second-order valence-electron chi connectivity index (χ2n) is 1.79. The van der Waals surface area contributed by atoms with E-state index in [0.29, 0.717) is 10.8 Å². The summed E-state index contributed by atoms with van der Waals surface area (Å²) in [6, 6.07) is 3.62. The first kappa shape index (κ1) is 5.67. The van der Waals surface area contributed by atoms with Gasteiger partial charge in [0.2, 0.25) is 5.16 Å². The molecule has 0 aromatic carbocycles. The van der Waals surface area contributed by atoms with Crippen molar-refractivity contribution >= 4 is 18.3 Å². The molecule has 0 amide bonds. The predicted octanol–water partition coefficient (Wildman–Crippen LogP) is 0.413. The Bertz CT molecular complexity index is 355. The third-order valence-corrected chi connectivity index (χ3v) is 1.44. The monoisotopic (exact) mass is 152 g/mol. The number of hydrogen-bond donors (Lipinski definition) is 1. The van der Waals surface area contributed by atoms with Gasteiger partial charge in [-0.2, -0.15) is 9.61 Å². The van der Waals surface area contributed by atoms with Crippen molar-refractivity contribution in [2.24, 2.45) is 0 Å². The van der Waals surface area contributed by atoms with Crippen LogP contribution in [0, 0.1) is 0 Å². The predicted molar refractivity (Wildman–Crippen MR) is 38.0 cm³/mol. The molecule has 50 valence electrons. The quantitative estimate of drug-likeness (QED) is 0.556. The molecule has 0 aliphatic carbocycles. The first-order chi connectivity index (χ1) is 4.88. The lowest BCUT2D eigenvalue weighted by atomic mass is 10.6. The molecule has 2 heterocycles. The largest absolute Gasteiger partial charge is 0.209 e. The SMILES string of the molecule is Sc1nnc2cccnn12. The summed E-state index contributed by atoms with van der Waals surface area (Å²) in [6.45, 7) is 0. The van der Waals surface area contributed by atoms with Gasteiger partial charge in [-0.05, 0) is 12.1 Å². The Kier molecular flexibility index (Phi) is 1.10. The fourth-order valence-electron chi connectivity index (χ4n) is 0.732. The van der Waals surface area contributed by atoms with Gasteiger partial charge in [0.05, 0.1) is 0 Å². The Morgan fingerprint density at radius 3 is 3.10 bits per heavy atom. The zero-order valence-electron chi connectivity index (χ0n) is 4.97. The Balaban J connectivity index is 2.93. The average Bonchev–Trinajstić information content (AvgIpc) is 2.34. The van der Waals surface area contributed by atoms with Crippen LogP contribution in [-0.4, -0.2) is 19.8 Å². The van der Waals surface area contributed by atoms with Crippen molar-refractivity contribution in [3.8, 4) is 0 Å². The molecule has 10 heavy (non-hydrogen) atoms. The van der Waals surface area contributed by atoms with Crippen molar-refractivity contribution in [1.82, 2.24) is 19.8 Å². The van der Waals surface area contributed by atoms with Gasteiger partial charge in [-0.3, -0.25) is 0 Å². The molecular weight excluding hydrogens is 148 g/mol. The maximum atomic E-state index is 4.03. The Hall–Kier alpha value is -1.10. The Morgan fingerprint density at radius 2 is 2.30 bits per heavy atom. The van der Waals surface area contributed by atoms with Crippen LogP contribution in [0.3, 0.4) is 0 Å². The van der Waals surface area contributed by atoms with E-state index in [1.165, 1.54) is 0 Å². The number of nitrogens with zero attached hydrogens (tertiary/aromatic N) is 4. The minimum absolute atomic E-state index is 0.510. The molecule has 4 nitrogen and oxygen atoms in total. The highest BCUT2D eigenvalue weighted by molar-refractivity contribution is 7.80. The van der Waals surface area contributed by atoms with Crippen LogP contribution in [0.1, 0.15) is 0 Å². The highest BCUT2D eigenvalue weighted by atomic mass is 32.1. The van der Waals surface area contributed by atoms with E-state index in [0.717, 1.165) is 0 Å². The smallest absolute Gasteiger partial charge is 0.188 e. The van der Waals surface area contributed by atoms with Crippen LogP contribution in [-0.2, 0) is 0 Å². The van der Waals surface area contributed by atoms with Crippen molar-refractivity contribution in [1.29, 1.82) is 0 Å². The van der Waals surface area contributed by atoms with Crippen LogP contribution in [0.2, 0.25) is 0 Å². The van der Waals surface area contributed by atoms with Crippen molar-refractivity contribution in [3.05, 3.63) is 18.3 Å². The number of aromatic nitrogens is 4. The maximum Gasteiger partial charge on any atom is 0.209 e. The van der Waals surface area contributed by atoms with E-state index in [9.17, 15) is 0 Å². The molecule has 0 fully saturated rings. The standard InChI is InChI=1S/C5H4N4S/c10-5-8-7-4-2-1-3-6-9(4)5/h1-3H,(H,8,10). The molecule has 2 rings (SSSR count). The summed E-state index contributed by atoms with van der Waals surface area (Å²) in [5, 5.41) is 12.0. The fraction of sp³-hybridized carbons (Fsp3) is 0. The Morgan fingerprint density at radius 1 is 1.40 bits per heavy atom. The van der Waals surface area contributed by atoms with Crippen molar-refractivity contribution in [2.75, 3.05) is 0 Å². The number of fused-ring (bicyclic) bond motifs is 1. The first-order valence-corrected chi connectivity index (χ1v) is 3.18. The van der Waals surface area contributed by atoms with E-state index in [-0.39, 0.29) is 0 Å². The van der Waals surface area contributed by atoms with Gasteiger partial charge in [0.15, 0.2) is 5.65 Å². The Labute approximate surface area is 62.3 Å². The van der Waals surface area contributed by atoms with E-state index < -0.39 is 0 Å². The molecule has 0 aliphatic rings. The van der Waals surface area contributed by atoms with E-state index in [1.807, 2.05) is 6.07 Å². The summed E-state index contributed by atoms with van der Waals surface area (Å²) in [4.78, 5) is 0. The van der Waals surface area contributed by atoms with Crippen LogP contribution in [0.25, 0.3) is 5.65 Å². The van der Waals surface area contributed by atoms with E-state index in [1.54, 1.807) is 16.8 Å². The summed E-state index contributed by atoms with van der Waals surface area (Å²) < 4.78 is 1.56. The lowest BCUT2D eigenvalue weighted by Gasteiger charge is -1.87. The van der Waals surface area contributed by atoms with Gasteiger partial charge in [-0.15, -0.1) is 22.8 Å². The molecule has 0 radical (unpaired) electrons. The van der Waals surface area contributed by atoms with Gasteiger partial charge in [-0.25, -0.2) is 0 Å². The first-order valence-electron chi connectivity index (χ1n) is 2.73. The fourth-order valence-corrected chi connectivity index (χ4v) is 0.931. The zero-order valence-corrected chi connectivity index (χ0v) is 5.86. The minimum Gasteiger partial charge on any atom is -0.188 e. The lowest BCUT2D eigenvalue weighted by Crippen LogP contribution is -1.88. The van der Waals surface area contributed by atoms with Crippen LogP contribution in [0.15, 0.2) is 23.5 Å². The van der Waals surface area contributed by atoms with Gasteiger partial charge in [0, 0.05) is 6.20 Å². The van der Waals surface area contributed by atoms with Gasteiger partial charge < -0.3 is 0 Å². The summed E-state index contributed by atoms with van der Waals surface area (Å²) >= 11 is 4.03. The lowest BCUT2D eigenvalue weighted by molar-refractivity contribution is 0.813. The topological polar surface area (TPSA) is 43.1 Å². The minimum atomic E-state index is 0.510. The molecule has 0 unspecified atom stereocenters. The highest BCUT2D eigenvalue weighted by Gasteiger charge is 1.97. The number of hydrogen-bond acceptors (Lipinski definition) is 4. The molecule has 0 saturated heterocycles. The third kappa shape index (κ3) is 0.672. The average molecular weight is 152 g/mol. The maximum absolute atomic E-state index is 4.03. The molecular formula is C5H4N4S. The second kappa shape index (κ2) is 1.95. The molecule has 0 saturated carbocycles. The molecule has 2 aromatic heterocycles. The normalized spacial score (nSPS) is 10.5. The highest BCUT2D eigenvalue weighted by Crippen LogP contribution is 2.02. The van der Waals surface area contributed by atoms with Crippen molar-refractivity contribution in [3.63, 3.8) is 0 Å². The molecule has 0 spiro atoms. The van der Waals surface area contributed by atoms with E-state index in [2.05, 4.69) is 27.9 Å². The zero-order chi connectivity index (χ0) is 6.97. The van der Waals surface area contributed by atoms with Crippen molar-refractivity contribution in [2.45, 2.75) is 5.16 Å². The molecule has 0 bridgehead atoms. The van der Waals surface area contributed by atoms with E-state index in [4.69, 9.17) is 0 Å². The molecule has 0 N–H and O–H groups in total. The van der Waals surface area contributed by atoms with Crippen LogP contribution in [0.4, 0.5) is 0 Å². The summed E-state index contributed by atoms with van der Waals surface area (Å²) in [5.74, 6) is 0. The van der Waals surface area contributed by atoms with Crippen LogP contribution >= 0.6 is 12.6 Å². The molecule has 0 aliphatic heterocycles. The summed E-state index contributed by atoms with van der Waals surface area (Å²) in [6.07, 6.45) is 1.66. The van der Waals surface area contributed by atoms with E-state index >= 15 is 0 Å². The van der Waals surface area contributed by atoms with Gasteiger partial charge in [0.1, 0.15) is 0 Å². The molecule has 5 heteroatoms. The molecule has 0 atom stereocenters. The van der Waals surface area contributed by atoms with Crippen LogP contribution < -0.4 is 0 Å². The summed E-state index contributed by atoms with van der Waals surface area (Å²) in [7, 11) is 0. The third-order valence-electron chi connectivity index (χ3n) is 1.16. The number of thiol groups is 1.